The molecule has 14 heavy (non-hydrogen) atoms. The van der Waals surface area contributed by atoms with Gasteiger partial charge in [-0.25, -0.2) is 0 Å². The lowest BCUT2D eigenvalue weighted by Crippen LogP contribution is -2.17. The third-order valence-corrected chi connectivity index (χ3v) is 2.16. The summed E-state index contributed by atoms with van der Waals surface area (Å²) in [6, 6.07) is 10.4. The van der Waals surface area contributed by atoms with Crippen molar-refractivity contribution in [1.82, 2.24) is 10.6 Å². The molecular weight excluding hydrogens is 172 g/mol. The minimum atomic E-state index is 0.886. The molecular formula is C12H14N2. The summed E-state index contributed by atoms with van der Waals surface area (Å²) in [5, 5.41) is 6.49. The van der Waals surface area contributed by atoms with Gasteiger partial charge in [0, 0.05) is 18.8 Å². The summed E-state index contributed by atoms with van der Waals surface area (Å²) in [5.74, 6) is 0. The van der Waals surface area contributed by atoms with E-state index in [9.17, 15) is 0 Å². The molecule has 2 heteroatoms. The van der Waals surface area contributed by atoms with Gasteiger partial charge in [0.25, 0.3) is 0 Å². The number of allylic oxidation sites excluding steroid dienone is 1. The summed E-state index contributed by atoms with van der Waals surface area (Å²) in [4.78, 5) is 0. The molecule has 1 heterocycles. The molecule has 0 bridgehead atoms. The Morgan fingerprint density at radius 3 is 2.79 bits per heavy atom. The molecule has 0 fully saturated rings. The van der Waals surface area contributed by atoms with Crippen molar-refractivity contribution in [3.05, 3.63) is 59.9 Å². The highest BCUT2D eigenvalue weighted by molar-refractivity contribution is 5.22. The molecule has 2 nitrogen and oxygen atoms in total. The van der Waals surface area contributed by atoms with Crippen molar-refractivity contribution in [1.29, 1.82) is 0 Å². The summed E-state index contributed by atoms with van der Waals surface area (Å²) in [5.41, 5.74) is 2.49. The van der Waals surface area contributed by atoms with Crippen LogP contribution >= 0.6 is 0 Å². The van der Waals surface area contributed by atoms with Crippen LogP contribution in [0.2, 0.25) is 0 Å². The van der Waals surface area contributed by atoms with Gasteiger partial charge in [0.15, 0.2) is 0 Å². The van der Waals surface area contributed by atoms with Crippen LogP contribution in [-0.2, 0) is 6.54 Å². The van der Waals surface area contributed by atoms with E-state index in [2.05, 4.69) is 41.0 Å². The van der Waals surface area contributed by atoms with Gasteiger partial charge in [-0.3, -0.25) is 0 Å². The molecule has 0 saturated heterocycles. The van der Waals surface area contributed by atoms with Crippen LogP contribution in [0.1, 0.15) is 5.56 Å². The van der Waals surface area contributed by atoms with Gasteiger partial charge in [-0.05, 0) is 23.9 Å². The Balaban J connectivity index is 1.88. The fraction of sp³-hybridized carbons (Fsp3) is 0.167. The van der Waals surface area contributed by atoms with Crippen LogP contribution in [0.25, 0.3) is 0 Å². The number of rotatable bonds is 3. The number of hydrogen-bond acceptors (Lipinski definition) is 2. The molecule has 2 rings (SSSR count). The Hall–Kier alpha value is -1.70. The average molecular weight is 186 g/mol. The first-order valence-electron chi connectivity index (χ1n) is 4.83. The quantitative estimate of drug-likeness (QED) is 0.752. The van der Waals surface area contributed by atoms with Crippen LogP contribution in [0.4, 0.5) is 0 Å². The van der Waals surface area contributed by atoms with E-state index in [1.165, 1.54) is 11.3 Å². The normalized spacial score (nSPS) is 14.4. The molecule has 1 aromatic carbocycles. The van der Waals surface area contributed by atoms with Gasteiger partial charge in [-0.2, -0.15) is 0 Å². The largest absolute Gasteiger partial charge is 0.387 e. The average Bonchev–Trinajstić information content (AvgIpc) is 2.29. The Morgan fingerprint density at radius 1 is 1.21 bits per heavy atom. The van der Waals surface area contributed by atoms with Crippen molar-refractivity contribution < 1.29 is 0 Å². The second-order valence-electron chi connectivity index (χ2n) is 3.24. The predicted octanol–water partition coefficient (Wildman–Crippen LogP) is 1.78. The zero-order valence-corrected chi connectivity index (χ0v) is 8.03. The first-order chi connectivity index (χ1) is 6.95. The Labute approximate surface area is 84.3 Å². The van der Waals surface area contributed by atoms with Crippen molar-refractivity contribution in [3.63, 3.8) is 0 Å². The van der Waals surface area contributed by atoms with Crippen LogP contribution in [0.5, 0.6) is 0 Å². The van der Waals surface area contributed by atoms with Crippen LogP contribution in [0, 0.1) is 0 Å². The number of benzene rings is 1. The highest BCUT2D eigenvalue weighted by atomic mass is 14.9. The highest BCUT2D eigenvalue weighted by Gasteiger charge is 1.95. The maximum atomic E-state index is 3.37. The molecule has 72 valence electrons. The van der Waals surface area contributed by atoms with E-state index in [0.717, 1.165) is 13.1 Å². The first-order valence-corrected chi connectivity index (χ1v) is 4.83. The second kappa shape index (κ2) is 4.51. The molecule has 1 aliphatic rings. The number of nitrogens with one attached hydrogen (secondary N) is 2. The van der Waals surface area contributed by atoms with E-state index in [-0.39, 0.29) is 0 Å². The van der Waals surface area contributed by atoms with E-state index in [4.69, 9.17) is 0 Å². The molecule has 0 aromatic heterocycles. The van der Waals surface area contributed by atoms with Crippen LogP contribution < -0.4 is 10.6 Å². The van der Waals surface area contributed by atoms with Crippen molar-refractivity contribution in [3.8, 4) is 0 Å². The molecule has 0 unspecified atom stereocenters. The summed E-state index contributed by atoms with van der Waals surface area (Å²) in [7, 11) is 0. The van der Waals surface area contributed by atoms with Gasteiger partial charge in [-0.1, -0.05) is 30.3 Å². The lowest BCUT2D eigenvalue weighted by Gasteiger charge is -2.11. The smallest absolute Gasteiger partial charge is 0.0400 e. The van der Waals surface area contributed by atoms with E-state index in [1.807, 2.05) is 18.3 Å². The highest BCUT2D eigenvalue weighted by Crippen LogP contribution is 2.01. The fourth-order valence-electron chi connectivity index (χ4n) is 1.38. The third kappa shape index (κ3) is 2.39. The van der Waals surface area contributed by atoms with Crippen molar-refractivity contribution in [2.75, 3.05) is 6.54 Å². The number of dihydropyridines is 1. The van der Waals surface area contributed by atoms with E-state index >= 15 is 0 Å². The second-order valence-corrected chi connectivity index (χ2v) is 3.24. The molecule has 0 amide bonds. The van der Waals surface area contributed by atoms with E-state index < -0.39 is 0 Å². The summed E-state index contributed by atoms with van der Waals surface area (Å²) in [6.07, 6.45) is 6.16. The predicted molar refractivity (Wildman–Crippen MR) is 58.5 cm³/mol. The molecule has 1 aromatic rings. The first kappa shape index (κ1) is 8.88. The molecule has 0 saturated carbocycles. The third-order valence-electron chi connectivity index (χ3n) is 2.16. The van der Waals surface area contributed by atoms with Crippen molar-refractivity contribution >= 4 is 0 Å². The van der Waals surface area contributed by atoms with Crippen molar-refractivity contribution in [2.24, 2.45) is 0 Å². The minimum absolute atomic E-state index is 0.886. The molecule has 0 spiro atoms. The molecule has 1 aliphatic heterocycles. The molecule has 2 N–H and O–H groups in total. The Bertz CT molecular complexity index is 339. The monoisotopic (exact) mass is 186 g/mol. The maximum absolute atomic E-state index is 3.37. The molecule has 0 aliphatic carbocycles. The van der Waals surface area contributed by atoms with Crippen LogP contribution in [0.15, 0.2) is 54.4 Å². The lowest BCUT2D eigenvalue weighted by atomic mass is 10.2. The fourth-order valence-corrected chi connectivity index (χ4v) is 1.38. The summed E-state index contributed by atoms with van der Waals surface area (Å²) in [6.45, 7) is 1.80. The van der Waals surface area contributed by atoms with Gasteiger partial charge in [0.05, 0.1) is 0 Å². The SMILES string of the molecule is C1=CC(NCc2ccccc2)=CCN1. The van der Waals surface area contributed by atoms with Gasteiger partial charge in [0.1, 0.15) is 0 Å². The van der Waals surface area contributed by atoms with E-state index in [0.29, 0.717) is 0 Å². The van der Waals surface area contributed by atoms with Crippen molar-refractivity contribution in [2.45, 2.75) is 6.54 Å². The van der Waals surface area contributed by atoms with Crippen LogP contribution in [0.3, 0.4) is 0 Å². The van der Waals surface area contributed by atoms with Gasteiger partial charge >= 0.3 is 0 Å². The van der Waals surface area contributed by atoms with Gasteiger partial charge in [0.2, 0.25) is 0 Å². The molecule has 0 radical (unpaired) electrons. The molecule has 0 atom stereocenters. The zero-order valence-electron chi connectivity index (χ0n) is 8.03. The Morgan fingerprint density at radius 2 is 2.07 bits per heavy atom. The van der Waals surface area contributed by atoms with E-state index in [1.54, 1.807) is 0 Å². The van der Waals surface area contributed by atoms with Gasteiger partial charge < -0.3 is 10.6 Å². The summed E-state index contributed by atoms with van der Waals surface area (Å²) < 4.78 is 0. The van der Waals surface area contributed by atoms with Crippen LogP contribution in [-0.4, -0.2) is 6.54 Å². The topological polar surface area (TPSA) is 24.1 Å². The summed E-state index contributed by atoms with van der Waals surface area (Å²) >= 11 is 0. The zero-order chi connectivity index (χ0) is 9.64. The number of hydrogen-bond donors (Lipinski definition) is 2. The standard InChI is InChI=1S/C12H14N2/c1-2-4-11(5-3-1)10-14-12-6-8-13-9-7-12/h1-8,13-14H,9-10H2. The van der Waals surface area contributed by atoms with Gasteiger partial charge in [-0.15, -0.1) is 0 Å². The lowest BCUT2D eigenvalue weighted by molar-refractivity contribution is 0.808. The Kier molecular flexibility index (Phi) is 2.86. The maximum Gasteiger partial charge on any atom is 0.0400 e. The minimum Gasteiger partial charge on any atom is -0.387 e.